The summed E-state index contributed by atoms with van der Waals surface area (Å²) in [7, 11) is 0. The van der Waals surface area contributed by atoms with E-state index in [2.05, 4.69) is 15.8 Å². The second-order valence-electron chi connectivity index (χ2n) is 4.62. The van der Waals surface area contributed by atoms with E-state index in [1.165, 1.54) is 12.3 Å². The third-order valence-electron chi connectivity index (χ3n) is 2.81. The first-order valence-electron chi connectivity index (χ1n) is 7.00. The van der Waals surface area contributed by atoms with Crippen LogP contribution in [-0.2, 0) is 0 Å². The Morgan fingerprint density at radius 3 is 2.83 bits per heavy atom. The van der Waals surface area contributed by atoms with Gasteiger partial charge < -0.3 is 15.2 Å². The van der Waals surface area contributed by atoms with E-state index in [4.69, 9.17) is 27.9 Å². The maximum Gasteiger partial charge on any atom is 0.339 e. The summed E-state index contributed by atoms with van der Waals surface area (Å²) in [4.78, 5) is 11.7. The lowest BCUT2D eigenvalue weighted by Crippen LogP contribution is -2.24. The first-order valence-corrected chi connectivity index (χ1v) is 7.76. The van der Waals surface area contributed by atoms with E-state index >= 15 is 0 Å². The molecule has 24 heavy (non-hydrogen) atoms. The minimum Gasteiger partial charge on any atom is -0.503 e. The molecule has 0 spiro atoms. The highest BCUT2D eigenvalue weighted by molar-refractivity contribution is 6.32. The highest BCUT2D eigenvalue weighted by atomic mass is 35.5. The monoisotopic (exact) mass is 367 g/mol. The highest BCUT2D eigenvalue weighted by Crippen LogP contribution is 2.34. The fourth-order valence-corrected chi connectivity index (χ4v) is 2.23. The summed E-state index contributed by atoms with van der Waals surface area (Å²) in [5, 5.41) is 16.8. The molecule has 0 saturated carbocycles. The Balaban J connectivity index is 1.99. The number of nitrogens with one attached hydrogen (secondary N) is 2. The van der Waals surface area contributed by atoms with Gasteiger partial charge in [-0.05, 0) is 42.8 Å². The van der Waals surface area contributed by atoms with Crippen molar-refractivity contribution >= 4 is 41.1 Å². The number of hydrogen-bond acceptors (Lipinski definition) is 4. The van der Waals surface area contributed by atoms with Gasteiger partial charge in [0.25, 0.3) is 0 Å². The van der Waals surface area contributed by atoms with Gasteiger partial charge in [-0.25, -0.2) is 10.2 Å². The average Bonchev–Trinajstić information content (AvgIpc) is 2.52. The molecule has 2 rings (SSSR count). The topological polar surface area (TPSA) is 83.0 Å². The predicted octanol–water partition coefficient (Wildman–Crippen LogP) is 4.25. The molecule has 126 valence electrons. The summed E-state index contributed by atoms with van der Waals surface area (Å²) < 4.78 is 5.27. The number of nitrogens with zero attached hydrogens (tertiary/aromatic N) is 1. The summed E-state index contributed by atoms with van der Waals surface area (Å²) >= 11 is 11.7. The van der Waals surface area contributed by atoms with Gasteiger partial charge in [-0.1, -0.05) is 29.3 Å². The molecule has 8 heteroatoms. The van der Waals surface area contributed by atoms with Crippen LogP contribution >= 0.6 is 23.2 Å². The number of amides is 2. The zero-order valence-electron chi connectivity index (χ0n) is 12.7. The minimum atomic E-state index is -0.525. The number of rotatable bonds is 5. The Kier molecular flexibility index (Phi) is 6.28. The van der Waals surface area contributed by atoms with Gasteiger partial charge >= 0.3 is 6.03 Å². The van der Waals surface area contributed by atoms with E-state index in [9.17, 15) is 9.90 Å². The third kappa shape index (κ3) is 5.04. The summed E-state index contributed by atoms with van der Waals surface area (Å²) in [6, 6.07) is 9.26. The van der Waals surface area contributed by atoms with Crippen LogP contribution in [0, 0.1) is 0 Å². The lowest BCUT2D eigenvalue weighted by Gasteiger charge is -2.08. The molecule has 0 aromatic heterocycles. The van der Waals surface area contributed by atoms with Crippen molar-refractivity contribution in [3.63, 3.8) is 0 Å². The zero-order valence-corrected chi connectivity index (χ0v) is 14.2. The Hall–Kier alpha value is -2.44. The molecular formula is C16H15Cl2N3O3. The zero-order chi connectivity index (χ0) is 17.5. The molecule has 6 nitrogen and oxygen atoms in total. The molecule has 0 radical (unpaired) electrons. The van der Waals surface area contributed by atoms with Gasteiger partial charge in [0.05, 0.1) is 17.8 Å². The number of carbonyl (C=O) groups is 1. The Bertz CT molecular complexity index is 766. The number of aromatic hydroxyl groups is 1. The molecule has 0 saturated heterocycles. The molecular weight excluding hydrogens is 353 g/mol. The van der Waals surface area contributed by atoms with E-state index in [0.717, 1.165) is 0 Å². The maximum atomic E-state index is 11.7. The SMILES string of the molecule is CCOc1cc(/C=N\NC(=O)Nc2cccc(Cl)c2)cc(Cl)c1O. The second-order valence-corrected chi connectivity index (χ2v) is 5.46. The molecule has 2 aromatic rings. The van der Waals surface area contributed by atoms with Gasteiger partial charge in [-0.3, -0.25) is 0 Å². The first-order chi connectivity index (χ1) is 11.5. The fourth-order valence-electron chi connectivity index (χ4n) is 1.82. The Morgan fingerprint density at radius 2 is 2.12 bits per heavy atom. The van der Waals surface area contributed by atoms with Crippen molar-refractivity contribution < 1.29 is 14.6 Å². The van der Waals surface area contributed by atoms with Crippen molar-refractivity contribution in [2.45, 2.75) is 6.92 Å². The largest absolute Gasteiger partial charge is 0.503 e. The van der Waals surface area contributed by atoms with Crippen molar-refractivity contribution in [3.8, 4) is 11.5 Å². The lowest BCUT2D eigenvalue weighted by atomic mass is 10.2. The number of hydrazone groups is 1. The number of carbonyl (C=O) groups excluding carboxylic acids is 1. The molecule has 0 heterocycles. The van der Waals surface area contributed by atoms with E-state index in [1.807, 2.05) is 0 Å². The van der Waals surface area contributed by atoms with Crippen LogP contribution in [0.1, 0.15) is 12.5 Å². The molecule has 0 fully saturated rings. The molecule has 0 atom stereocenters. The number of urea groups is 1. The van der Waals surface area contributed by atoms with Gasteiger partial charge in [0.2, 0.25) is 0 Å². The summed E-state index contributed by atoms with van der Waals surface area (Å²) in [5.74, 6) is 0.108. The van der Waals surface area contributed by atoms with Gasteiger partial charge in [-0.15, -0.1) is 0 Å². The third-order valence-corrected chi connectivity index (χ3v) is 3.34. The van der Waals surface area contributed by atoms with Gasteiger partial charge in [-0.2, -0.15) is 5.10 Å². The van der Waals surface area contributed by atoms with Crippen molar-refractivity contribution in [3.05, 3.63) is 52.0 Å². The Morgan fingerprint density at radius 1 is 1.33 bits per heavy atom. The standard InChI is InChI=1S/C16H15Cl2N3O3/c1-2-24-14-7-10(6-13(18)15(14)22)9-19-21-16(23)20-12-5-3-4-11(17)8-12/h3-9,22H,2H2,1H3,(H2,20,21,23)/b19-9-. The van der Waals surface area contributed by atoms with Crippen LogP contribution in [0.25, 0.3) is 0 Å². The molecule has 0 aliphatic rings. The number of halogens is 2. The van der Waals surface area contributed by atoms with Gasteiger partial charge in [0.15, 0.2) is 11.5 Å². The molecule has 2 amide bonds. The molecule has 0 bridgehead atoms. The van der Waals surface area contributed by atoms with Crippen LogP contribution in [0.15, 0.2) is 41.5 Å². The summed E-state index contributed by atoms with van der Waals surface area (Å²) in [6.45, 7) is 2.17. The number of phenolic OH excluding ortho intramolecular Hbond substituents is 1. The number of hydrogen-bond donors (Lipinski definition) is 3. The van der Waals surface area contributed by atoms with Crippen LogP contribution < -0.4 is 15.5 Å². The van der Waals surface area contributed by atoms with E-state index in [0.29, 0.717) is 22.9 Å². The van der Waals surface area contributed by atoms with Crippen molar-refractivity contribution in [2.75, 3.05) is 11.9 Å². The van der Waals surface area contributed by atoms with Crippen molar-refractivity contribution in [1.29, 1.82) is 0 Å². The van der Waals surface area contributed by atoms with Crippen LogP contribution in [0.5, 0.6) is 11.5 Å². The fraction of sp³-hybridized carbons (Fsp3) is 0.125. The highest BCUT2D eigenvalue weighted by Gasteiger charge is 2.08. The summed E-state index contributed by atoms with van der Waals surface area (Å²) in [5.41, 5.74) is 3.42. The van der Waals surface area contributed by atoms with Crippen molar-refractivity contribution in [2.24, 2.45) is 5.10 Å². The molecule has 0 aliphatic heterocycles. The molecule has 2 aromatic carbocycles. The van der Waals surface area contributed by atoms with Gasteiger partial charge in [0.1, 0.15) is 0 Å². The molecule has 3 N–H and O–H groups in total. The van der Waals surface area contributed by atoms with Crippen LogP contribution in [0.3, 0.4) is 0 Å². The summed E-state index contributed by atoms with van der Waals surface area (Å²) in [6.07, 6.45) is 1.38. The van der Waals surface area contributed by atoms with Crippen LogP contribution in [-0.4, -0.2) is 24.0 Å². The second kappa shape index (κ2) is 8.42. The van der Waals surface area contributed by atoms with Crippen molar-refractivity contribution in [1.82, 2.24) is 5.43 Å². The lowest BCUT2D eigenvalue weighted by molar-refractivity contribution is 0.252. The van der Waals surface area contributed by atoms with Crippen LogP contribution in [0.2, 0.25) is 10.0 Å². The normalized spacial score (nSPS) is 10.6. The smallest absolute Gasteiger partial charge is 0.339 e. The number of benzene rings is 2. The predicted molar refractivity (Wildman–Crippen MR) is 95.5 cm³/mol. The maximum absolute atomic E-state index is 11.7. The van der Waals surface area contributed by atoms with E-state index in [1.54, 1.807) is 37.3 Å². The van der Waals surface area contributed by atoms with Gasteiger partial charge in [0, 0.05) is 10.7 Å². The number of phenols is 1. The quantitative estimate of drug-likeness (QED) is 0.545. The first kappa shape index (κ1) is 17.9. The van der Waals surface area contributed by atoms with E-state index < -0.39 is 6.03 Å². The average molecular weight is 368 g/mol. The molecule has 0 aliphatic carbocycles. The minimum absolute atomic E-state index is 0.130. The number of ether oxygens (including phenoxy) is 1. The molecule has 0 unspecified atom stereocenters. The van der Waals surface area contributed by atoms with E-state index in [-0.39, 0.29) is 16.5 Å². The Labute approximate surface area is 149 Å². The van der Waals surface area contributed by atoms with Crippen LogP contribution in [0.4, 0.5) is 10.5 Å². The number of anilines is 1.